The summed E-state index contributed by atoms with van der Waals surface area (Å²) < 4.78 is 0. The molecule has 0 aliphatic rings. The van der Waals surface area contributed by atoms with Gasteiger partial charge in [0, 0.05) is 5.69 Å². The lowest BCUT2D eigenvalue weighted by Gasteiger charge is -2.05. The smallest absolute Gasteiger partial charge is 0.0314 e. The monoisotopic (exact) mass is 161 g/mol. The molecule has 0 aliphatic carbocycles. The van der Waals surface area contributed by atoms with Crippen molar-refractivity contribution >= 4 is 5.69 Å². The molecule has 1 nitrogen and oxygen atoms in total. The number of nitrogens with two attached hydrogens (primary N) is 1. The van der Waals surface area contributed by atoms with Crippen molar-refractivity contribution in [3.8, 4) is 0 Å². The van der Waals surface area contributed by atoms with E-state index in [-0.39, 0.29) is 0 Å². The third-order valence-electron chi connectivity index (χ3n) is 1.94. The van der Waals surface area contributed by atoms with Gasteiger partial charge in [-0.3, -0.25) is 0 Å². The molecule has 0 radical (unpaired) electrons. The maximum Gasteiger partial charge on any atom is 0.0314 e. The highest BCUT2D eigenvalue weighted by atomic mass is 14.5. The second kappa shape index (κ2) is 3.96. The lowest BCUT2D eigenvalue weighted by molar-refractivity contribution is 0.965. The summed E-state index contributed by atoms with van der Waals surface area (Å²) in [5, 5.41) is 0. The minimum Gasteiger partial charge on any atom is -0.399 e. The van der Waals surface area contributed by atoms with E-state index in [2.05, 4.69) is 31.2 Å². The summed E-state index contributed by atoms with van der Waals surface area (Å²) in [5.74, 6) is 0.482. The number of nitrogen functional groups attached to an aromatic ring is 1. The van der Waals surface area contributed by atoms with Gasteiger partial charge in [0.1, 0.15) is 0 Å². The van der Waals surface area contributed by atoms with Crippen molar-refractivity contribution in [2.45, 2.75) is 19.8 Å². The zero-order valence-electron chi connectivity index (χ0n) is 7.62. The number of allylic oxidation sites excluding steroid dienone is 2. The zero-order chi connectivity index (χ0) is 8.97. The summed E-state index contributed by atoms with van der Waals surface area (Å²) in [5.41, 5.74) is 7.72. The number of hydrogen-bond donors (Lipinski definition) is 1. The van der Waals surface area contributed by atoms with E-state index in [1.807, 2.05) is 19.1 Å². The van der Waals surface area contributed by atoms with E-state index in [4.69, 9.17) is 5.73 Å². The molecule has 1 atom stereocenters. The lowest BCUT2D eigenvalue weighted by atomic mass is 10.0. The van der Waals surface area contributed by atoms with Gasteiger partial charge in [-0.05, 0) is 30.5 Å². The Bertz CT molecular complexity index is 259. The van der Waals surface area contributed by atoms with E-state index >= 15 is 0 Å². The minimum absolute atomic E-state index is 0.482. The molecule has 0 saturated carbocycles. The Morgan fingerprint density at radius 1 is 1.25 bits per heavy atom. The van der Waals surface area contributed by atoms with E-state index in [0.29, 0.717) is 5.92 Å². The first-order chi connectivity index (χ1) is 5.74. The SMILES string of the molecule is C/C=C/C(C)c1ccc(N)cc1. The van der Waals surface area contributed by atoms with Crippen LogP contribution in [0.4, 0.5) is 5.69 Å². The van der Waals surface area contributed by atoms with Crippen LogP contribution in [0.25, 0.3) is 0 Å². The van der Waals surface area contributed by atoms with E-state index in [1.165, 1.54) is 5.56 Å². The second-order valence-corrected chi connectivity index (χ2v) is 2.98. The maximum absolute atomic E-state index is 5.58. The fourth-order valence-electron chi connectivity index (χ4n) is 1.20. The highest BCUT2D eigenvalue weighted by Crippen LogP contribution is 2.17. The molecule has 1 heteroatoms. The molecule has 2 N–H and O–H groups in total. The second-order valence-electron chi connectivity index (χ2n) is 2.98. The van der Waals surface area contributed by atoms with Crippen molar-refractivity contribution in [1.29, 1.82) is 0 Å². The molecule has 1 unspecified atom stereocenters. The molecule has 0 saturated heterocycles. The predicted octanol–water partition coefficient (Wildman–Crippen LogP) is 2.95. The van der Waals surface area contributed by atoms with E-state index in [0.717, 1.165) is 5.69 Å². The molecule has 0 amide bonds. The first kappa shape index (κ1) is 8.85. The largest absolute Gasteiger partial charge is 0.399 e. The fraction of sp³-hybridized carbons (Fsp3) is 0.273. The van der Waals surface area contributed by atoms with Crippen LogP contribution in [0.2, 0.25) is 0 Å². The van der Waals surface area contributed by atoms with E-state index in [1.54, 1.807) is 0 Å². The van der Waals surface area contributed by atoms with E-state index < -0.39 is 0 Å². The fourth-order valence-corrected chi connectivity index (χ4v) is 1.20. The van der Waals surface area contributed by atoms with Crippen molar-refractivity contribution in [3.05, 3.63) is 42.0 Å². The van der Waals surface area contributed by atoms with Crippen LogP contribution in [-0.2, 0) is 0 Å². The number of benzene rings is 1. The van der Waals surface area contributed by atoms with Crippen LogP contribution in [0, 0.1) is 0 Å². The molecule has 0 fully saturated rings. The minimum atomic E-state index is 0.482. The Balaban J connectivity index is 2.82. The van der Waals surface area contributed by atoms with Gasteiger partial charge in [0.2, 0.25) is 0 Å². The van der Waals surface area contributed by atoms with Crippen molar-refractivity contribution in [2.75, 3.05) is 5.73 Å². The molecule has 1 rings (SSSR count). The van der Waals surface area contributed by atoms with Crippen LogP contribution >= 0.6 is 0 Å². The van der Waals surface area contributed by atoms with Crippen LogP contribution in [0.1, 0.15) is 25.3 Å². The van der Waals surface area contributed by atoms with Gasteiger partial charge in [-0.1, -0.05) is 31.2 Å². The van der Waals surface area contributed by atoms with Crippen LogP contribution in [0.15, 0.2) is 36.4 Å². The molecule has 0 bridgehead atoms. The van der Waals surface area contributed by atoms with Crippen molar-refractivity contribution in [1.82, 2.24) is 0 Å². The Labute approximate surface area is 73.9 Å². The standard InChI is InChI=1S/C11H15N/c1-3-4-9(2)10-5-7-11(12)8-6-10/h3-9H,12H2,1-2H3/b4-3+. The van der Waals surface area contributed by atoms with Gasteiger partial charge in [0.15, 0.2) is 0 Å². The highest BCUT2D eigenvalue weighted by molar-refractivity contribution is 5.40. The summed E-state index contributed by atoms with van der Waals surface area (Å²) in [7, 11) is 0. The van der Waals surface area contributed by atoms with Crippen LogP contribution in [0.5, 0.6) is 0 Å². The van der Waals surface area contributed by atoms with Gasteiger partial charge in [0.05, 0.1) is 0 Å². The Hall–Kier alpha value is -1.24. The third-order valence-corrected chi connectivity index (χ3v) is 1.94. The van der Waals surface area contributed by atoms with Crippen molar-refractivity contribution in [3.63, 3.8) is 0 Å². The highest BCUT2D eigenvalue weighted by Gasteiger charge is 1.98. The Kier molecular flexibility index (Phi) is 2.92. The molecule has 12 heavy (non-hydrogen) atoms. The molecule has 0 aromatic heterocycles. The summed E-state index contributed by atoms with van der Waals surface area (Å²) in [6, 6.07) is 8.02. The normalized spacial score (nSPS) is 13.5. The molecule has 1 aromatic carbocycles. The number of hydrogen-bond acceptors (Lipinski definition) is 1. The van der Waals surface area contributed by atoms with Crippen LogP contribution in [-0.4, -0.2) is 0 Å². The van der Waals surface area contributed by atoms with Gasteiger partial charge in [-0.2, -0.15) is 0 Å². The van der Waals surface area contributed by atoms with Gasteiger partial charge in [-0.15, -0.1) is 0 Å². The quantitative estimate of drug-likeness (QED) is 0.523. The zero-order valence-corrected chi connectivity index (χ0v) is 7.62. The molecular weight excluding hydrogens is 146 g/mol. The average Bonchev–Trinajstić information content (AvgIpc) is 2.06. The molecule has 0 aliphatic heterocycles. The first-order valence-corrected chi connectivity index (χ1v) is 4.22. The summed E-state index contributed by atoms with van der Waals surface area (Å²) in [4.78, 5) is 0. The molecule has 0 spiro atoms. The van der Waals surface area contributed by atoms with Crippen LogP contribution < -0.4 is 5.73 Å². The predicted molar refractivity (Wildman–Crippen MR) is 54.1 cm³/mol. The average molecular weight is 161 g/mol. The number of rotatable bonds is 2. The summed E-state index contributed by atoms with van der Waals surface area (Å²) in [6.45, 7) is 4.21. The van der Waals surface area contributed by atoms with Gasteiger partial charge < -0.3 is 5.73 Å². The molecule has 0 heterocycles. The lowest BCUT2D eigenvalue weighted by Crippen LogP contribution is -1.90. The van der Waals surface area contributed by atoms with E-state index in [9.17, 15) is 0 Å². The van der Waals surface area contributed by atoms with Crippen molar-refractivity contribution in [2.24, 2.45) is 0 Å². The molecular formula is C11H15N. The maximum atomic E-state index is 5.58. The Morgan fingerprint density at radius 2 is 1.83 bits per heavy atom. The first-order valence-electron chi connectivity index (χ1n) is 4.22. The van der Waals surface area contributed by atoms with Gasteiger partial charge in [-0.25, -0.2) is 0 Å². The van der Waals surface area contributed by atoms with Gasteiger partial charge in [0.25, 0.3) is 0 Å². The van der Waals surface area contributed by atoms with Crippen molar-refractivity contribution < 1.29 is 0 Å². The Morgan fingerprint density at radius 3 is 2.33 bits per heavy atom. The van der Waals surface area contributed by atoms with Crippen LogP contribution in [0.3, 0.4) is 0 Å². The third kappa shape index (κ3) is 2.12. The molecule has 64 valence electrons. The summed E-state index contributed by atoms with van der Waals surface area (Å²) >= 11 is 0. The topological polar surface area (TPSA) is 26.0 Å². The number of anilines is 1. The van der Waals surface area contributed by atoms with Gasteiger partial charge >= 0.3 is 0 Å². The summed E-state index contributed by atoms with van der Waals surface area (Å²) in [6.07, 6.45) is 4.24. The molecule has 1 aromatic rings.